The van der Waals surface area contributed by atoms with Gasteiger partial charge in [-0.2, -0.15) is 0 Å². The lowest BCUT2D eigenvalue weighted by molar-refractivity contribution is -0.135. The molecule has 1 aromatic rings. The summed E-state index contributed by atoms with van der Waals surface area (Å²) in [6.07, 6.45) is 2.95. The third kappa shape index (κ3) is 2.19. The third-order valence-corrected chi connectivity index (χ3v) is 1.33. The molecule has 0 aliphatic rings. The highest BCUT2D eigenvalue weighted by Gasteiger charge is 2.04. The Morgan fingerprint density at radius 1 is 1.75 bits per heavy atom. The molecule has 64 valence electrons. The summed E-state index contributed by atoms with van der Waals surface area (Å²) < 4.78 is 0. The van der Waals surface area contributed by atoms with Crippen molar-refractivity contribution in [3.05, 3.63) is 18.6 Å². The molecule has 0 spiro atoms. The lowest BCUT2D eigenvalue weighted by Gasteiger charge is -2.13. The van der Waals surface area contributed by atoms with Crippen LogP contribution in [0.5, 0.6) is 0 Å². The lowest BCUT2D eigenvalue weighted by atomic mass is 10.5. The average Bonchev–Trinajstić information content (AvgIpc) is 2.05. The molecule has 1 rings (SSSR count). The zero-order chi connectivity index (χ0) is 8.97. The zero-order valence-corrected chi connectivity index (χ0v) is 6.64. The number of hydrogen-bond acceptors (Lipinski definition) is 4. The van der Waals surface area contributed by atoms with E-state index in [1.165, 1.54) is 11.2 Å². The quantitative estimate of drug-likeness (QED) is 0.686. The Morgan fingerprint density at radius 2 is 2.50 bits per heavy atom. The van der Waals surface area contributed by atoms with Gasteiger partial charge in [0.15, 0.2) is 0 Å². The van der Waals surface area contributed by atoms with Crippen molar-refractivity contribution in [3.63, 3.8) is 0 Å². The Balaban J connectivity index is 2.65. The van der Waals surface area contributed by atoms with Crippen LogP contribution >= 0.6 is 0 Å². The molecular formula is C7H9N3O2. The third-order valence-electron chi connectivity index (χ3n) is 1.33. The van der Waals surface area contributed by atoms with Gasteiger partial charge in [0, 0.05) is 13.2 Å². The van der Waals surface area contributed by atoms with E-state index < -0.39 is 5.97 Å². The highest BCUT2D eigenvalue weighted by atomic mass is 16.4. The number of aromatic nitrogens is 2. The normalized spacial score (nSPS) is 9.42. The van der Waals surface area contributed by atoms with E-state index in [1.807, 2.05) is 0 Å². The van der Waals surface area contributed by atoms with Crippen LogP contribution in [0.2, 0.25) is 0 Å². The van der Waals surface area contributed by atoms with Crippen LogP contribution in [0, 0.1) is 0 Å². The maximum atomic E-state index is 10.3. The molecule has 0 radical (unpaired) electrons. The molecule has 0 aliphatic heterocycles. The SMILES string of the molecule is CN(CC(=O)O)c1ccncn1. The highest BCUT2D eigenvalue weighted by Crippen LogP contribution is 2.03. The van der Waals surface area contributed by atoms with Crippen molar-refractivity contribution in [1.82, 2.24) is 9.97 Å². The fourth-order valence-corrected chi connectivity index (χ4v) is 0.793. The van der Waals surface area contributed by atoms with Crippen molar-refractivity contribution in [1.29, 1.82) is 0 Å². The van der Waals surface area contributed by atoms with Crippen molar-refractivity contribution in [2.45, 2.75) is 0 Å². The second-order valence-electron chi connectivity index (χ2n) is 2.32. The lowest BCUT2D eigenvalue weighted by Crippen LogP contribution is -2.25. The van der Waals surface area contributed by atoms with Crippen LogP contribution in [0.1, 0.15) is 0 Å². The fourth-order valence-electron chi connectivity index (χ4n) is 0.793. The van der Waals surface area contributed by atoms with Crippen LogP contribution in [-0.4, -0.2) is 34.6 Å². The van der Waals surface area contributed by atoms with Gasteiger partial charge in [-0.1, -0.05) is 0 Å². The van der Waals surface area contributed by atoms with Crippen molar-refractivity contribution < 1.29 is 9.90 Å². The minimum absolute atomic E-state index is 0.0585. The summed E-state index contributed by atoms with van der Waals surface area (Å²) >= 11 is 0. The summed E-state index contributed by atoms with van der Waals surface area (Å²) in [5, 5.41) is 8.46. The average molecular weight is 167 g/mol. The van der Waals surface area contributed by atoms with Gasteiger partial charge in [-0.15, -0.1) is 0 Å². The van der Waals surface area contributed by atoms with Gasteiger partial charge in [-0.3, -0.25) is 4.79 Å². The molecule has 5 nitrogen and oxygen atoms in total. The number of likely N-dealkylation sites (N-methyl/N-ethyl adjacent to an activating group) is 1. The molecule has 0 bridgehead atoms. The van der Waals surface area contributed by atoms with Gasteiger partial charge >= 0.3 is 5.97 Å². The maximum absolute atomic E-state index is 10.3. The van der Waals surface area contributed by atoms with Gasteiger partial charge in [0.25, 0.3) is 0 Å². The number of carboxylic acid groups (broad SMARTS) is 1. The summed E-state index contributed by atoms with van der Waals surface area (Å²) in [6, 6.07) is 1.66. The molecule has 5 heteroatoms. The van der Waals surface area contributed by atoms with Crippen LogP contribution in [-0.2, 0) is 4.79 Å². The van der Waals surface area contributed by atoms with Gasteiger partial charge in [0.2, 0.25) is 0 Å². The van der Waals surface area contributed by atoms with E-state index in [-0.39, 0.29) is 6.54 Å². The molecule has 12 heavy (non-hydrogen) atoms. The molecule has 0 saturated heterocycles. The standard InChI is InChI=1S/C7H9N3O2/c1-10(4-7(11)12)6-2-3-8-5-9-6/h2-3,5H,4H2,1H3,(H,11,12). The number of hydrogen-bond donors (Lipinski definition) is 1. The van der Waals surface area contributed by atoms with Crippen LogP contribution in [0.25, 0.3) is 0 Å². The van der Waals surface area contributed by atoms with E-state index in [4.69, 9.17) is 5.11 Å². The number of carboxylic acids is 1. The number of rotatable bonds is 3. The summed E-state index contributed by atoms with van der Waals surface area (Å²) in [5.74, 6) is -0.275. The molecule has 1 heterocycles. The number of carbonyl (C=O) groups is 1. The first-order chi connectivity index (χ1) is 5.70. The van der Waals surface area contributed by atoms with E-state index in [0.717, 1.165) is 0 Å². The first kappa shape index (κ1) is 8.45. The predicted molar refractivity (Wildman–Crippen MR) is 42.9 cm³/mol. The first-order valence-corrected chi connectivity index (χ1v) is 3.39. The number of anilines is 1. The molecule has 0 saturated carbocycles. The molecule has 0 aromatic carbocycles. The Morgan fingerprint density at radius 3 is 3.00 bits per heavy atom. The Bertz CT molecular complexity index is 263. The Hall–Kier alpha value is -1.65. The van der Waals surface area contributed by atoms with Crippen LogP contribution in [0.3, 0.4) is 0 Å². The fraction of sp³-hybridized carbons (Fsp3) is 0.286. The zero-order valence-electron chi connectivity index (χ0n) is 6.64. The van der Waals surface area contributed by atoms with E-state index >= 15 is 0 Å². The van der Waals surface area contributed by atoms with E-state index in [9.17, 15) is 4.79 Å². The topological polar surface area (TPSA) is 66.3 Å². The van der Waals surface area contributed by atoms with Crippen molar-refractivity contribution in [2.75, 3.05) is 18.5 Å². The Kier molecular flexibility index (Phi) is 2.57. The Labute approximate surface area is 69.7 Å². The van der Waals surface area contributed by atoms with E-state index in [2.05, 4.69) is 9.97 Å². The minimum atomic E-state index is -0.879. The summed E-state index contributed by atoms with van der Waals surface area (Å²) in [4.78, 5) is 19.4. The second kappa shape index (κ2) is 3.66. The van der Waals surface area contributed by atoms with Gasteiger partial charge in [0.05, 0.1) is 0 Å². The van der Waals surface area contributed by atoms with Gasteiger partial charge in [0.1, 0.15) is 18.7 Å². The molecule has 1 N–H and O–H groups in total. The van der Waals surface area contributed by atoms with Crippen molar-refractivity contribution in [2.24, 2.45) is 0 Å². The molecular weight excluding hydrogens is 158 g/mol. The van der Waals surface area contributed by atoms with Crippen LogP contribution < -0.4 is 4.90 Å². The first-order valence-electron chi connectivity index (χ1n) is 3.39. The molecule has 0 aliphatic carbocycles. The van der Waals surface area contributed by atoms with Gasteiger partial charge in [-0.25, -0.2) is 9.97 Å². The van der Waals surface area contributed by atoms with Crippen molar-refractivity contribution >= 4 is 11.8 Å². The monoisotopic (exact) mass is 167 g/mol. The van der Waals surface area contributed by atoms with Crippen molar-refractivity contribution in [3.8, 4) is 0 Å². The maximum Gasteiger partial charge on any atom is 0.323 e. The van der Waals surface area contributed by atoms with E-state index in [1.54, 1.807) is 19.3 Å². The van der Waals surface area contributed by atoms with E-state index in [0.29, 0.717) is 5.82 Å². The number of nitrogens with zero attached hydrogens (tertiary/aromatic N) is 3. The molecule has 0 amide bonds. The predicted octanol–water partition coefficient (Wildman–Crippen LogP) is -0.00260. The smallest absolute Gasteiger partial charge is 0.323 e. The number of aliphatic carboxylic acids is 1. The molecule has 1 aromatic heterocycles. The van der Waals surface area contributed by atoms with Crippen LogP contribution in [0.4, 0.5) is 5.82 Å². The highest BCUT2D eigenvalue weighted by molar-refractivity contribution is 5.72. The molecule has 0 atom stereocenters. The summed E-state index contributed by atoms with van der Waals surface area (Å²) in [5.41, 5.74) is 0. The van der Waals surface area contributed by atoms with Gasteiger partial charge in [-0.05, 0) is 6.07 Å². The second-order valence-corrected chi connectivity index (χ2v) is 2.32. The van der Waals surface area contributed by atoms with Gasteiger partial charge < -0.3 is 10.0 Å². The minimum Gasteiger partial charge on any atom is -0.480 e. The summed E-state index contributed by atoms with van der Waals surface area (Å²) in [7, 11) is 1.66. The van der Waals surface area contributed by atoms with Crippen LogP contribution in [0.15, 0.2) is 18.6 Å². The molecule has 0 unspecified atom stereocenters. The largest absolute Gasteiger partial charge is 0.480 e. The summed E-state index contributed by atoms with van der Waals surface area (Å²) in [6.45, 7) is -0.0585. The molecule has 0 fully saturated rings.